The molecule has 0 saturated carbocycles. The van der Waals surface area contributed by atoms with Crippen LogP contribution in [-0.4, -0.2) is 44.3 Å². The predicted molar refractivity (Wildman–Crippen MR) is 88.6 cm³/mol. The van der Waals surface area contributed by atoms with E-state index in [1.54, 1.807) is 23.5 Å². The lowest BCUT2D eigenvalue weighted by Crippen LogP contribution is -2.53. The summed E-state index contributed by atoms with van der Waals surface area (Å²) in [6, 6.07) is 0.645. The molecule has 0 heterocycles. The first kappa shape index (κ1) is 19.8. The van der Waals surface area contributed by atoms with Gasteiger partial charge in [-0.15, -0.1) is 23.5 Å². The number of nitrogens with two attached hydrogens (primary N) is 1. The van der Waals surface area contributed by atoms with Gasteiger partial charge in [0, 0.05) is 19.8 Å². The summed E-state index contributed by atoms with van der Waals surface area (Å²) in [7, 11) is -2.67. The molecular formula is C12H29NO3S2Si. The Morgan fingerprint density at radius 3 is 1.47 bits per heavy atom. The molecule has 116 valence electrons. The Bertz CT molecular complexity index is 212. The van der Waals surface area contributed by atoms with E-state index in [1.165, 1.54) is 0 Å². The van der Waals surface area contributed by atoms with Crippen LogP contribution in [0.4, 0.5) is 0 Å². The zero-order valence-corrected chi connectivity index (χ0v) is 15.5. The quantitative estimate of drug-likeness (QED) is 0.439. The molecule has 0 aliphatic carbocycles. The lowest BCUT2D eigenvalue weighted by Gasteiger charge is -2.36. The zero-order valence-electron chi connectivity index (χ0n) is 12.9. The van der Waals surface area contributed by atoms with E-state index in [-0.39, 0.29) is 0 Å². The van der Waals surface area contributed by atoms with Crippen LogP contribution in [0, 0.1) is 0 Å². The Kier molecular flexibility index (Phi) is 10.9. The molecule has 0 saturated heterocycles. The van der Waals surface area contributed by atoms with E-state index >= 15 is 0 Å². The van der Waals surface area contributed by atoms with Crippen molar-refractivity contribution in [3.8, 4) is 0 Å². The fraction of sp³-hybridized carbons (Fsp3) is 1.00. The van der Waals surface area contributed by atoms with Crippen LogP contribution < -0.4 is 5.73 Å². The Balaban J connectivity index is 4.99. The van der Waals surface area contributed by atoms with Crippen LogP contribution in [0.3, 0.4) is 0 Å². The van der Waals surface area contributed by atoms with E-state index < -0.39 is 13.0 Å². The lowest BCUT2D eigenvalue weighted by molar-refractivity contribution is 0.0707. The third kappa shape index (κ3) is 7.36. The van der Waals surface area contributed by atoms with E-state index in [4.69, 9.17) is 19.0 Å². The van der Waals surface area contributed by atoms with Crippen LogP contribution >= 0.6 is 23.5 Å². The standard InChI is InChI=1S/C12H29NO3S2Si/c1-6-14-19(15-7-2,16-8-3)11-12(13,17-9-4)18-10-5/h6-11,13H2,1-5H3. The first-order valence-electron chi connectivity index (χ1n) is 7.00. The highest BCUT2D eigenvalue weighted by Crippen LogP contribution is 2.40. The van der Waals surface area contributed by atoms with Crippen LogP contribution in [0.25, 0.3) is 0 Å². The molecule has 0 bridgehead atoms. The van der Waals surface area contributed by atoms with Crippen LogP contribution in [-0.2, 0) is 13.3 Å². The Morgan fingerprint density at radius 2 is 1.21 bits per heavy atom. The normalized spacial score (nSPS) is 12.9. The molecule has 0 radical (unpaired) electrons. The number of hydrogen-bond acceptors (Lipinski definition) is 6. The fourth-order valence-corrected chi connectivity index (χ4v) is 8.25. The van der Waals surface area contributed by atoms with Gasteiger partial charge in [-0.2, -0.15) is 0 Å². The topological polar surface area (TPSA) is 53.7 Å². The average Bonchev–Trinajstić information content (AvgIpc) is 2.30. The molecule has 0 atom stereocenters. The predicted octanol–water partition coefficient (Wildman–Crippen LogP) is 3.15. The molecule has 19 heavy (non-hydrogen) atoms. The van der Waals surface area contributed by atoms with E-state index in [9.17, 15) is 0 Å². The van der Waals surface area contributed by atoms with Gasteiger partial charge >= 0.3 is 8.80 Å². The van der Waals surface area contributed by atoms with Crippen molar-refractivity contribution in [3.05, 3.63) is 0 Å². The minimum atomic E-state index is -2.67. The monoisotopic (exact) mass is 327 g/mol. The molecule has 0 rings (SSSR count). The van der Waals surface area contributed by atoms with Crippen LogP contribution in [0.2, 0.25) is 6.04 Å². The Morgan fingerprint density at radius 1 is 0.842 bits per heavy atom. The van der Waals surface area contributed by atoms with E-state index in [0.29, 0.717) is 25.9 Å². The highest BCUT2D eigenvalue weighted by atomic mass is 32.2. The summed E-state index contributed by atoms with van der Waals surface area (Å²) >= 11 is 3.49. The fourth-order valence-electron chi connectivity index (χ4n) is 1.87. The molecule has 0 aromatic rings. The summed E-state index contributed by atoms with van der Waals surface area (Å²) in [5.74, 6) is 1.94. The number of hydrogen-bond donors (Lipinski definition) is 1. The van der Waals surface area contributed by atoms with Crippen LogP contribution in [0.5, 0.6) is 0 Å². The first-order chi connectivity index (χ1) is 9.01. The minimum Gasteiger partial charge on any atom is -0.374 e. The second-order valence-electron chi connectivity index (χ2n) is 3.84. The van der Waals surface area contributed by atoms with Crippen molar-refractivity contribution in [1.82, 2.24) is 0 Å². The molecule has 0 unspecified atom stereocenters. The molecular weight excluding hydrogens is 298 g/mol. The van der Waals surface area contributed by atoms with Crippen molar-refractivity contribution < 1.29 is 13.3 Å². The van der Waals surface area contributed by atoms with E-state index in [1.807, 2.05) is 20.8 Å². The van der Waals surface area contributed by atoms with Crippen molar-refractivity contribution in [2.45, 2.75) is 44.9 Å². The Hall–Kier alpha value is 0.757. The molecule has 2 N–H and O–H groups in total. The summed E-state index contributed by atoms with van der Waals surface area (Å²) in [6.07, 6.45) is 0. The maximum absolute atomic E-state index is 6.52. The van der Waals surface area contributed by atoms with Crippen molar-refractivity contribution in [3.63, 3.8) is 0 Å². The van der Waals surface area contributed by atoms with Crippen LogP contribution in [0.15, 0.2) is 0 Å². The smallest absolute Gasteiger partial charge is 0.374 e. The average molecular weight is 328 g/mol. The van der Waals surface area contributed by atoms with E-state index in [2.05, 4.69) is 13.8 Å². The van der Waals surface area contributed by atoms with Gasteiger partial charge in [-0.25, -0.2) is 0 Å². The van der Waals surface area contributed by atoms with Crippen molar-refractivity contribution >= 4 is 32.3 Å². The van der Waals surface area contributed by atoms with Gasteiger partial charge in [-0.1, -0.05) is 13.8 Å². The summed E-state index contributed by atoms with van der Waals surface area (Å²) < 4.78 is 17.3. The van der Waals surface area contributed by atoms with Gasteiger partial charge < -0.3 is 19.0 Å². The molecule has 0 aliphatic heterocycles. The minimum absolute atomic E-state index is 0.394. The van der Waals surface area contributed by atoms with Gasteiger partial charge in [0.05, 0.1) is 6.04 Å². The number of thioether (sulfide) groups is 2. The van der Waals surface area contributed by atoms with Gasteiger partial charge in [0.15, 0.2) is 0 Å². The lowest BCUT2D eigenvalue weighted by atomic mass is 10.8. The third-order valence-corrected chi connectivity index (χ3v) is 8.57. The maximum atomic E-state index is 6.52. The van der Waals surface area contributed by atoms with Crippen molar-refractivity contribution in [1.29, 1.82) is 0 Å². The summed E-state index contributed by atoms with van der Waals surface area (Å²) in [4.78, 5) is 0. The summed E-state index contributed by atoms with van der Waals surface area (Å²) in [5.41, 5.74) is 6.52. The largest absolute Gasteiger partial charge is 0.504 e. The molecule has 0 aromatic carbocycles. The first-order valence-corrected chi connectivity index (χ1v) is 10.9. The van der Waals surface area contributed by atoms with Crippen LogP contribution in [0.1, 0.15) is 34.6 Å². The summed E-state index contributed by atoms with van der Waals surface area (Å²) in [6.45, 7) is 11.9. The van der Waals surface area contributed by atoms with Gasteiger partial charge in [-0.05, 0) is 32.3 Å². The van der Waals surface area contributed by atoms with Gasteiger partial charge in [0.25, 0.3) is 0 Å². The number of rotatable bonds is 12. The molecule has 7 heteroatoms. The molecule has 0 aliphatic rings. The van der Waals surface area contributed by atoms with Gasteiger partial charge in [0.2, 0.25) is 0 Å². The van der Waals surface area contributed by atoms with Crippen molar-refractivity contribution in [2.24, 2.45) is 5.73 Å². The molecule has 0 amide bonds. The highest BCUT2D eigenvalue weighted by Gasteiger charge is 2.48. The highest BCUT2D eigenvalue weighted by molar-refractivity contribution is 8.18. The second-order valence-corrected chi connectivity index (χ2v) is 9.87. The zero-order chi connectivity index (χ0) is 14.8. The maximum Gasteiger partial charge on any atom is 0.504 e. The van der Waals surface area contributed by atoms with E-state index in [0.717, 1.165) is 11.5 Å². The molecule has 0 spiro atoms. The Labute approximate surface area is 127 Å². The van der Waals surface area contributed by atoms with Crippen molar-refractivity contribution in [2.75, 3.05) is 31.3 Å². The second kappa shape index (κ2) is 10.5. The molecule has 0 fully saturated rings. The molecule has 0 aromatic heterocycles. The summed E-state index contributed by atoms with van der Waals surface area (Å²) in [5, 5.41) is 0. The van der Waals surface area contributed by atoms with Gasteiger partial charge in [-0.3, -0.25) is 0 Å². The molecule has 4 nitrogen and oxygen atoms in total. The SMILES string of the molecule is CCO[Si](CC(N)(SCC)SCC)(OCC)OCC. The van der Waals surface area contributed by atoms with Gasteiger partial charge in [0.1, 0.15) is 4.20 Å². The third-order valence-electron chi connectivity index (χ3n) is 2.33.